The first kappa shape index (κ1) is 15.0. The molecule has 1 fully saturated rings. The van der Waals surface area contributed by atoms with E-state index >= 15 is 0 Å². The van der Waals surface area contributed by atoms with Crippen molar-refractivity contribution in [3.8, 4) is 0 Å². The van der Waals surface area contributed by atoms with Gasteiger partial charge in [-0.05, 0) is 37.5 Å². The van der Waals surface area contributed by atoms with E-state index in [-0.39, 0.29) is 34.7 Å². The van der Waals surface area contributed by atoms with Crippen LogP contribution in [0.4, 0.5) is 0 Å². The molecule has 20 heavy (non-hydrogen) atoms. The molecular weight excluding hydrogens is 256 g/mol. The highest BCUT2D eigenvalue weighted by atomic mass is 16.3. The van der Waals surface area contributed by atoms with E-state index in [4.69, 9.17) is 0 Å². The third-order valence-electron chi connectivity index (χ3n) is 4.05. The summed E-state index contributed by atoms with van der Waals surface area (Å²) in [6.07, 6.45) is 3.52. The summed E-state index contributed by atoms with van der Waals surface area (Å²) >= 11 is 0. The number of aryl methyl sites for hydroxylation is 1. The average Bonchev–Trinajstić information content (AvgIpc) is 2.63. The smallest absolute Gasteiger partial charge is 0.328 e. The van der Waals surface area contributed by atoms with Gasteiger partial charge in [0.2, 0.25) is 0 Å². The Morgan fingerprint density at radius 2 is 2.00 bits per heavy atom. The lowest BCUT2D eigenvalue weighted by Crippen LogP contribution is -2.32. The lowest BCUT2D eigenvalue weighted by Gasteiger charge is -2.24. The van der Waals surface area contributed by atoms with Crippen LogP contribution in [-0.4, -0.2) is 20.8 Å². The van der Waals surface area contributed by atoms with Gasteiger partial charge in [-0.25, -0.2) is 4.79 Å². The molecule has 5 heteroatoms. The van der Waals surface area contributed by atoms with Crippen molar-refractivity contribution >= 4 is 0 Å². The molecule has 2 rings (SSSR count). The second-order valence-electron chi connectivity index (χ2n) is 7.20. The van der Waals surface area contributed by atoms with Crippen LogP contribution in [-0.2, 0) is 0 Å². The molecule has 2 N–H and O–H groups in total. The van der Waals surface area contributed by atoms with Crippen molar-refractivity contribution in [2.45, 2.75) is 59.1 Å². The van der Waals surface area contributed by atoms with Gasteiger partial charge in [-0.1, -0.05) is 20.8 Å². The molecule has 1 aliphatic rings. The van der Waals surface area contributed by atoms with Gasteiger partial charge >= 0.3 is 5.69 Å². The van der Waals surface area contributed by atoms with Gasteiger partial charge in [0, 0.05) is 17.8 Å². The molecule has 0 aromatic carbocycles. The largest absolute Gasteiger partial charge is 0.393 e. The second-order valence-corrected chi connectivity index (χ2v) is 7.20. The monoisotopic (exact) mass is 280 g/mol. The molecule has 5 nitrogen and oxygen atoms in total. The van der Waals surface area contributed by atoms with Crippen molar-refractivity contribution in [2.24, 2.45) is 11.3 Å². The first-order chi connectivity index (χ1) is 9.17. The van der Waals surface area contributed by atoms with Gasteiger partial charge in [0.05, 0.1) is 6.10 Å². The maximum absolute atomic E-state index is 11.9. The highest BCUT2D eigenvalue weighted by molar-refractivity contribution is 5.03. The summed E-state index contributed by atoms with van der Waals surface area (Å²) in [5.74, 6) is 0.208. The fourth-order valence-corrected chi connectivity index (χ4v) is 3.16. The van der Waals surface area contributed by atoms with Crippen LogP contribution < -0.4 is 11.2 Å². The van der Waals surface area contributed by atoms with E-state index in [1.54, 1.807) is 17.7 Å². The summed E-state index contributed by atoms with van der Waals surface area (Å²) in [6.45, 7) is 8.16. The van der Waals surface area contributed by atoms with Gasteiger partial charge in [-0.2, -0.15) is 0 Å². The summed E-state index contributed by atoms with van der Waals surface area (Å²) in [7, 11) is 0. The molecule has 3 atom stereocenters. The number of nitrogens with one attached hydrogen (secondary N) is 1. The van der Waals surface area contributed by atoms with Crippen LogP contribution in [0.15, 0.2) is 15.8 Å². The van der Waals surface area contributed by atoms with Gasteiger partial charge in [0.1, 0.15) is 0 Å². The summed E-state index contributed by atoms with van der Waals surface area (Å²) in [5.41, 5.74) is -0.0320. The van der Waals surface area contributed by atoms with Gasteiger partial charge in [-0.15, -0.1) is 0 Å². The second kappa shape index (κ2) is 5.20. The van der Waals surface area contributed by atoms with Crippen molar-refractivity contribution in [3.63, 3.8) is 0 Å². The zero-order valence-electron chi connectivity index (χ0n) is 12.6. The fraction of sp³-hybridized carbons (Fsp3) is 0.733. The van der Waals surface area contributed by atoms with E-state index in [2.05, 4.69) is 25.8 Å². The van der Waals surface area contributed by atoms with Crippen LogP contribution >= 0.6 is 0 Å². The number of aliphatic hydroxyl groups excluding tert-OH is 1. The summed E-state index contributed by atoms with van der Waals surface area (Å²) < 4.78 is 1.57. The molecule has 1 saturated carbocycles. The van der Waals surface area contributed by atoms with Gasteiger partial charge in [-0.3, -0.25) is 14.3 Å². The first-order valence-corrected chi connectivity index (χ1v) is 7.17. The number of aromatic nitrogens is 2. The van der Waals surface area contributed by atoms with Crippen molar-refractivity contribution in [1.29, 1.82) is 0 Å². The topological polar surface area (TPSA) is 75.1 Å². The molecule has 1 aliphatic carbocycles. The van der Waals surface area contributed by atoms with Crippen molar-refractivity contribution < 1.29 is 5.11 Å². The number of aromatic amines is 1. The van der Waals surface area contributed by atoms with E-state index in [0.29, 0.717) is 12.0 Å². The molecule has 1 aromatic rings. The van der Waals surface area contributed by atoms with Gasteiger partial charge < -0.3 is 5.11 Å². The molecule has 3 unspecified atom stereocenters. The van der Waals surface area contributed by atoms with Crippen LogP contribution in [0.2, 0.25) is 0 Å². The Labute approximate surface area is 118 Å². The number of hydrogen-bond acceptors (Lipinski definition) is 3. The quantitative estimate of drug-likeness (QED) is 0.864. The third-order valence-corrected chi connectivity index (χ3v) is 4.05. The Morgan fingerprint density at radius 1 is 1.35 bits per heavy atom. The Kier molecular flexibility index (Phi) is 3.91. The summed E-state index contributed by atoms with van der Waals surface area (Å²) in [4.78, 5) is 25.6. The number of hydrogen-bond donors (Lipinski definition) is 2. The van der Waals surface area contributed by atoms with Crippen LogP contribution in [0.25, 0.3) is 0 Å². The predicted molar refractivity (Wildman–Crippen MR) is 77.9 cm³/mol. The van der Waals surface area contributed by atoms with Crippen LogP contribution in [0.3, 0.4) is 0 Å². The van der Waals surface area contributed by atoms with E-state index in [1.165, 1.54) is 0 Å². The number of aliphatic hydroxyl groups is 1. The van der Waals surface area contributed by atoms with Crippen molar-refractivity contribution in [3.05, 3.63) is 32.6 Å². The Morgan fingerprint density at radius 3 is 2.60 bits per heavy atom. The number of rotatable bonds is 2. The summed E-state index contributed by atoms with van der Waals surface area (Å²) in [6, 6.07) is -0.0274. The fourth-order valence-electron chi connectivity index (χ4n) is 3.16. The lowest BCUT2D eigenvalue weighted by molar-refractivity contribution is 0.105. The molecule has 0 saturated heterocycles. The molecule has 0 radical (unpaired) electrons. The van der Waals surface area contributed by atoms with E-state index in [0.717, 1.165) is 12.8 Å². The first-order valence-electron chi connectivity index (χ1n) is 7.17. The van der Waals surface area contributed by atoms with E-state index in [1.807, 2.05) is 0 Å². The zero-order valence-corrected chi connectivity index (χ0v) is 12.6. The minimum Gasteiger partial charge on any atom is -0.393 e. The highest BCUT2D eigenvalue weighted by Gasteiger charge is 2.36. The SMILES string of the molecule is Cc1cn(C2CC(O)C(CC(C)(C)C)C2)c(=O)[nH]c1=O. The molecular formula is C15H24N2O3. The molecule has 0 bridgehead atoms. The Balaban J connectivity index is 2.22. The minimum atomic E-state index is -0.380. The highest BCUT2D eigenvalue weighted by Crippen LogP contribution is 2.40. The molecule has 0 aliphatic heterocycles. The average molecular weight is 280 g/mol. The number of nitrogens with zero attached hydrogens (tertiary/aromatic N) is 1. The van der Waals surface area contributed by atoms with Gasteiger partial charge in [0.25, 0.3) is 5.56 Å². The maximum Gasteiger partial charge on any atom is 0.328 e. The Bertz CT molecular complexity index is 594. The molecule has 1 heterocycles. The molecule has 112 valence electrons. The maximum atomic E-state index is 11.9. The van der Waals surface area contributed by atoms with Crippen molar-refractivity contribution in [2.75, 3.05) is 0 Å². The van der Waals surface area contributed by atoms with Gasteiger partial charge in [0.15, 0.2) is 0 Å². The van der Waals surface area contributed by atoms with E-state index < -0.39 is 0 Å². The molecule has 0 spiro atoms. The predicted octanol–water partition coefficient (Wildman–Crippen LogP) is 1.59. The third kappa shape index (κ3) is 3.20. The van der Waals surface area contributed by atoms with Crippen LogP contribution in [0.5, 0.6) is 0 Å². The normalized spacial score (nSPS) is 26.9. The number of H-pyrrole nitrogens is 1. The lowest BCUT2D eigenvalue weighted by atomic mass is 9.83. The van der Waals surface area contributed by atoms with Crippen LogP contribution in [0, 0.1) is 18.3 Å². The zero-order chi connectivity index (χ0) is 15.1. The van der Waals surface area contributed by atoms with E-state index in [9.17, 15) is 14.7 Å². The van der Waals surface area contributed by atoms with Crippen LogP contribution in [0.1, 0.15) is 51.6 Å². The molecule has 0 amide bonds. The molecule has 1 aromatic heterocycles. The van der Waals surface area contributed by atoms with Crippen molar-refractivity contribution in [1.82, 2.24) is 9.55 Å². The Hall–Kier alpha value is -1.36. The summed E-state index contributed by atoms with van der Waals surface area (Å²) in [5, 5.41) is 10.2. The standard InChI is InChI=1S/C15H24N2O3/c1-9-8-17(14(20)16-13(9)19)11-5-10(12(18)6-11)7-15(2,3)4/h8,10-12,18H,5-7H2,1-4H3,(H,16,19,20). The minimum absolute atomic E-state index is 0.0274.